The van der Waals surface area contributed by atoms with E-state index in [9.17, 15) is 9.59 Å². The van der Waals surface area contributed by atoms with Gasteiger partial charge in [-0.1, -0.05) is 32.1 Å². The maximum atomic E-state index is 12.4. The van der Waals surface area contributed by atoms with Gasteiger partial charge in [-0.25, -0.2) is 9.59 Å². The van der Waals surface area contributed by atoms with Gasteiger partial charge in [0.25, 0.3) is 0 Å². The molecule has 0 aromatic rings. The number of hydrogen-bond donors (Lipinski definition) is 2. The van der Waals surface area contributed by atoms with Gasteiger partial charge in [-0.3, -0.25) is 0 Å². The highest BCUT2D eigenvalue weighted by Gasteiger charge is 2.22. The average Bonchev–Trinajstić information content (AvgIpc) is 2.68. The van der Waals surface area contributed by atoms with E-state index in [1.165, 1.54) is 0 Å². The van der Waals surface area contributed by atoms with Crippen molar-refractivity contribution in [3.63, 3.8) is 0 Å². The lowest BCUT2D eigenvalue weighted by molar-refractivity contribution is 0.0236. The molecule has 0 bridgehead atoms. The third-order valence-electron chi connectivity index (χ3n) is 4.92. The number of hydrogen-bond acceptors (Lipinski definition) is 6. The molecule has 0 atom stereocenters. The van der Waals surface area contributed by atoms with Crippen LogP contribution in [0.25, 0.3) is 0 Å². The molecule has 0 aliphatic heterocycles. The van der Waals surface area contributed by atoms with Crippen LogP contribution in [0.1, 0.15) is 99.3 Å². The van der Waals surface area contributed by atoms with Crippen molar-refractivity contribution < 1.29 is 19.1 Å². The number of carbonyl (C=O) groups is 2. The van der Waals surface area contributed by atoms with E-state index in [1.54, 1.807) is 9.80 Å². The van der Waals surface area contributed by atoms with Gasteiger partial charge in [0.05, 0.1) is 0 Å². The molecule has 8 nitrogen and oxygen atoms in total. The molecule has 0 rings (SSSR count). The number of rotatable bonds is 16. The molecule has 33 heavy (non-hydrogen) atoms. The molecule has 0 aromatic carbocycles. The van der Waals surface area contributed by atoms with Crippen molar-refractivity contribution >= 4 is 12.2 Å². The zero-order valence-electron chi connectivity index (χ0n) is 22.3. The van der Waals surface area contributed by atoms with Crippen molar-refractivity contribution in [2.45, 2.75) is 111 Å². The van der Waals surface area contributed by atoms with Crippen molar-refractivity contribution in [2.24, 2.45) is 11.5 Å². The van der Waals surface area contributed by atoms with Gasteiger partial charge in [0.15, 0.2) is 0 Å². The van der Waals surface area contributed by atoms with E-state index < -0.39 is 11.2 Å². The van der Waals surface area contributed by atoms with Crippen molar-refractivity contribution in [2.75, 3.05) is 39.3 Å². The lowest BCUT2D eigenvalue weighted by Gasteiger charge is -2.27. The number of nitrogens with zero attached hydrogens (tertiary/aromatic N) is 2. The summed E-state index contributed by atoms with van der Waals surface area (Å²) in [5, 5.41) is 0. The Morgan fingerprint density at radius 1 is 0.545 bits per heavy atom. The van der Waals surface area contributed by atoms with Crippen LogP contribution in [-0.4, -0.2) is 72.5 Å². The number of ether oxygens (including phenoxy) is 2. The Morgan fingerprint density at radius 2 is 0.818 bits per heavy atom. The Hall–Kier alpha value is -1.54. The first-order valence-electron chi connectivity index (χ1n) is 12.8. The van der Waals surface area contributed by atoms with Gasteiger partial charge < -0.3 is 30.7 Å². The summed E-state index contributed by atoms with van der Waals surface area (Å²) >= 11 is 0. The first kappa shape index (κ1) is 31.5. The zero-order valence-corrected chi connectivity index (χ0v) is 22.3. The largest absolute Gasteiger partial charge is 0.444 e. The molecule has 0 aliphatic rings. The van der Waals surface area contributed by atoms with E-state index in [0.717, 1.165) is 57.8 Å². The van der Waals surface area contributed by atoms with Crippen LogP contribution in [0.4, 0.5) is 9.59 Å². The van der Waals surface area contributed by atoms with Crippen LogP contribution in [0, 0.1) is 0 Å². The smallest absolute Gasteiger partial charge is 0.410 e. The van der Waals surface area contributed by atoms with Crippen LogP contribution in [0.15, 0.2) is 0 Å². The van der Waals surface area contributed by atoms with Crippen molar-refractivity contribution in [3.05, 3.63) is 0 Å². The number of amides is 2. The predicted octanol–water partition coefficient (Wildman–Crippen LogP) is 4.89. The Balaban J connectivity index is 4.12. The summed E-state index contributed by atoms with van der Waals surface area (Å²) in [5.74, 6) is 0. The van der Waals surface area contributed by atoms with Gasteiger partial charge >= 0.3 is 12.2 Å². The fourth-order valence-corrected chi connectivity index (χ4v) is 3.30. The maximum Gasteiger partial charge on any atom is 0.410 e. The Bertz CT molecular complexity index is 483. The monoisotopic (exact) mass is 472 g/mol. The van der Waals surface area contributed by atoms with Crippen LogP contribution in [-0.2, 0) is 9.47 Å². The number of nitrogens with two attached hydrogens (primary N) is 2. The van der Waals surface area contributed by atoms with E-state index in [2.05, 4.69) is 0 Å². The highest BCUT2D eigenvalue weighted by molar-refractivity contribution is 5.68. The predicted molar refractivity (Wildman–Crippen MR) is 135 cm³/mol. The molecular formula is C25H52N4O4. The fourth-order valence-electron chi connectivity index (χ4n) is 3.30. The molecule has 0 spiro atoms. The van der Waals surface area contributed by atoms with Crippen molar-refractivity contribution in [3.8, 4) is 0 Å². The van der Waals surface area contributed by atoms with Crippen molar-refractivity contribution in [1.29, 1.82) is 0 Å². The Labute approximate surface area is 202 Å². The van der Waals surface area contributed by atoms with Gasteiger partial charge in [-0.05, 0) is 80.3 Å². The van der Waals surface area contributed by atoms with Crippen LogP contribution >= 0.6 is 0 Å². The first-order valence-corrected chi connectivity index (χ1v) is 12.8. The molecule has 0 unspecified atom stereocenters. The summed E-state index contributed by atoms with van der Waals surface area (Å²) in [6.07, 6.45) is 8.61. The Kier molecular flexibility index (Phi) is 16.2. The number of unbranched alkanes of at least 4 members (excludes halogenated alkanes) is 6. The SMILES string of the molecule is CC(C)(C)OC(=O)N(CCCN)CCCCCCCCCN(CCCN)C(=O)OC(C)(C)C. The van der Waals surface area contributed by atoms with Gasteiger partial charge in [0.2, 0.25) is 0 Å². The minimum atomic E-state index is -0.485. The van der Waals surface area contributed by atoms with Crippen LogP contribution in [0.3, 0.4) is 0 Å². The van der Waals surface area contributed by atoms with Gasteiger partial charge in [0.1, 0.15) is 11.2 Å². The van der Waals surface area contributed by atoms with E-state index in [1.807, 2.05) is 41.5 Å². The normalized spacial score (nSPS) is 11.9. The topological polar surface area (TPSA) is 111 Å². The molecule has 4 N–H and O–H groups in total. The molecular weight excluding hydrogens is 420 g/mol. The van der Waals surface area contributed by atoms with Crippen LogP contribution in [0.2, 0.25) is 0 Å². The summed E-state index contributed by atoms with van der Waals surface area (Å²) in [4.78, 5) is 28.3. The minimum Gasteiger partial charge on any atom is -0.444 e. The molecule has 0 heterocycles. The highest BCUT2D eigenvalue weighted by atomic mass is 16.6. The lowest BCUT2D eigenvalue weighted by Crippen LogP contribution is -2.38. The quantitative estimate of drug-likeness (QED) is 0.309. The second kappa shape index (κ2) is 17.0. The maximum absolute atomic E-state index is 12.4. The second-order valence-corrected chi connectivity index (χ2v) is 10.7. The molecule has 0 aliphatic carbocycles. The van der Waals surface area contributed by atoms with E-state index in [0.29, 0.717) is 39.3 Å². The summed E-state index contributed by atoms with van der Waals surface area (Å²) in [7, 11) is 0. The molecule has 2 amide bonds. The lowest BCUT2D eigenvalue weighted by atomic mass is 10.1. The summed E-state index contributed by atoms with van der Waals surface area (Å²) in [6.45, 7) is 15.2. The van der Waals surface area contributed by atoms with Crippen molar-refractivity contribution in [1.82, 2.24) is 9.80 Å². The summed E-state index contributed by atoms with van der Waals surface area (Å²) in [6, 6.07) is 0. The fraction of sp³-hybridized carbons (Fsp3) is 0.920. The second-order valence-electron chi connectivity index (χ2n) is 10.7. The molecule has 0 radical (unpaired) electrons. The van der Waals surface area contributed by atoms with E-state index in [-0.39, 0.29) is 12.2 Å². The molecule has 0 saturated heterocycles. The van der Waals surface area contributed by atoms with Gasteiger partial charge in [-0.15, -0.1) is 0 Å². The third-order valence-corrected chi connectivity index (χ3v) is 4.92. The molecule has 0 fully saturated rings. The molecule has 8 heteroatoms. The zero-order chi connectivity index (χ0) is 25.3. The van der Waals surface area contributed by atoms with E-state index in [4.69, 9.17) is 20.9 Å². The van der Waals surface area contributed by atoms with Crippen LogP contribution in [0.5, 0.6) is 0 Å². The average molecular weight is 473 g/mol. The Morgan fingerprint density at radius 3 is 1.09 bits per heavy atom. The van der Waals surface area contributed by atoms with Gasteiger partial charge in [-0.2, -0.15) is 0 Å². The van der Waals surface area contributed by atoms with Crippen LogP contribution < -0.4 is 11.5 Å². The molecule has 0 aromatic heterocycles. The molecule has 0 saturated carbocycles. The first-order chi connectivity index (χ1) is 15.4. The number of carbonyl (C=O) groups excluding carboxylic acids is 2. The van der Waals surface area contributed by atoms with E-state index >= 15 is 0 Å². The minimum absolute atomic E-state index is 0.250. The third kappa shape index (κ3) is 18.6. The summed E-state index contributed by atoms with van der Waals surface area (Å²) in [5.41, 5.74) is 10.3. The summed E-state index contributed by atoms with van der Waals surface area (Å²) < 4.78 is 11.0. The highest BCUT2D eigenvalue weighted by Crippen LogP contribution is 2.14. The standard InChI is InChI=1S/C25H52N4O4/c1-24(2,3)32-22(30)28(20-14-16-26)18-12-10-8-7-9-11-13-19-29(21-15-17-27)23(31)33-25(4,5)6/h7-21,26-27H2,1-6H3. The molecule has 196 valence electrons. The van der Waals surface area contributed by atoms with Gasteiger partial charge in [0, 0.05) is 26.2 Å².